The molecule has 2 aliphatic rings. The summed E-state index contributed by atoms with van der Waals surface area (Å²) in [5, 5.41) is 3.31. The first-order valence-corrected chi connectivity index (χ1v) is 9.85. The maximum atomic E-state index is 12.8. The van der Waals surface area contributed by atoms with Gasteiger partial charge >= 0.3 is 0 Å². The van der Waals surface area contributed by atoms with Crippen molar-refractivity contribution in [2.24, 2.45) is 5.92 Å². The van der Waals surface area contributed by atoms with Crippen LogP contribution in [0.5, 0.6) is 0 Å². The van der Waals surface area contributed by atoms with Crippen LogP contribution in [0, 0.1) is 5.92 Å². The number of pyridine rings is 1. The Bertz CT molecular complexity index is 973. The SMILES string of the molecule is O=C(N[C@@H]1c2ccccc2[C@@H]2CN(Cc3ccccc3)C[C@H]12)c1ccncc1. The van der Waals surface area contributed by atoms with Crippen molar-refractivity contribution in [1.82, 2.24) is 15.2 Å². The molecule has 1 aliphatic carbocycles. The van der Waals surface area contributed by atoms with Crippen LogP contribution in [0.4, 0.5) is 0 Å². The number of fused-ring (bicyclic) bond motifs is 3. The second-order valence-electron chi connectivity index (χ2n) is 7.77. The number of aromatic nitrogens is 1. The smallest absolute Gasteiger partial charge is 0.251 e. The lowest BCUT2D eigenvalue weighted by Gasteiger charge is -2.23. The van der Waals surface area contributed by atoms with Gasteiger partial charge in [0.25, 0.3) is 5.91 Å². The van der Waals surface area contributed by atoms with Crippen molar-refractivity contribution in [3.63, 3.8) is 0 Å². The number of amides is 1. The predicted molar refractivity (Wildman–Crippen MR) is 109 cm³/mol. The van der Waals surface area contributed by atoms with Gasteiger partial charge < -0.3 is 5.32 Å². The van der Waals surface area contributed by atoms with Crippen LogP contribution < -0.4 is 5.32 Å². The van der Waals surface area contributed by atoms with Crippen molar-refractivity contribution < 1.29 is 4.79 Å². The standard InChI is InChI=1S/C24H23N3O/c28-24(18-10-12-25-13-11-18)26-23-20-9-5-4-8-19(20)21-15-27(16-22(21)23)14-17-6-2-1-3-7-17/h1-13,21-23H,14-16H2,(H,26,28)/t21-,22-,23+/m0/s1. The Kier molecular flexibility index (Phi) is 4.41. The van der Waals surface area contributed by atoms with Crippen LogP contribution in [-0.4, -0.2) is 28.9 Å². The van der Waals surface area contributed by atoms with Gasteiger partial charge in [-0.2, -0.15) is 0 Å². The molecule has 0 radical (unpaired) electrons. The molecule has 2 heterocycles. The van der Waals surface area contributed by atoms with Crippen molar-refractivity contribution in [2.75, 3.05) is 13.1 Å². The van der Waals surface area contributed by atoms with Gasteiger partial charge in [-0.1, -0.05) is 54.6 Å². The van der Waals surface area contributed by atoms with E-state index in [-0.39, 0.29) is 11.9 Å². The first-order chi connectivity index (χ1) is 13.8. The van der Waals surface area contributed by atoms with Crippen LogP contribution in [0.3, 0.4) is 0 Å². The van der Waals surface area contributed by atoms with Gasteiger partial charge in [0.15, 0.2) is 0 Å². The molecule has 2 aromatic carbocycles. The predicted octanol–water partition coefficient (Wildman–Crippen LogP) is 3.78. The fourth-order valence-corrected chi connectivity index (χ4v) is 4.83. The summed E-state index contributed by atoms with van der Waals surface area (Å²) in [6, 6.07) is 22.8. The van der Waals surface area contributed by atoms with E-state index in [9.17, 15) is 4.79 Å². The van der Waals surface area contributed by atoms with Gasteiger partial charge in [0, 0.05) is 49.4 Å². The highest BCUT2D eigenvalue weighted by molar-refractivity contribution is 5.94. The Morgan fingerprint density at radius 2 is 1.64 bits per heavy atom. The molecule has 1 N–H and O–H groups in total. The van der Waals surface area contributed by atoms with Gasteiger partial charge in [-0.3, -0.25) is 14.7 Å². The molecule has 28 heavy (non-hydrogen) atoms. The van der Waals surface area contributed by atoms with Gasteiger partial charge in [0.1, 0.15) is 0 Å². The van der Waals surface area contributed by atoms with Crippen molar-refractivity contribution in [1.29, 1.82) is 0 Å². The molecule has 140 valence electrons. The molecule has 1 saturated heterocycles. The normalized spacial score (nSPS) is 23.2. The van der Waals surface area contributed by atoms with E-state index in [2.05, 4.69) is 69.8 Å². The quantitative estimate of drug-likeness (QED) is 0.761. The maximum Gasteiger partial charge on any atom is 0.251 e. The van der Waals surface area contributed by atoms with Crippen LogP contribution in [-0.2, 0) is 6.54 Å². The number of hydrogen-bond donors (Lipinski definition) is 1. The van der Waals surface area contributed by atoms with Gasteiger partial charge in [-0.05, 0) is 28.8 Å². The zero-order valence-corrected chi connectivity index (χ0v) is 15.7. The lowest BCUT2D eigenvalue weighted by molar-refractivity contribution is 0.0923. The van der Waals surface area contributed by atoms with E-state index in [1.807, 2.05) is 0 Å². The second-order valence-corrected chi connectivity index (χ2v) is 7.77. The maximum absolute atomic E-state index is 12.8. The number of carbonyl (C=O) groups is 1. The largest absolute Gasteiger partial charge is 0.345 e. The summed E-state index contributed by atoms with van der Waals surface area (Å²) in [4.78, 5) is 19.4. The fourth-order valence-electron chi connectivity index (χ4n) is 4.83. The minimum Gasteiger partial charge on any atom is -0.345 e. The van der Waals surface area contributed by atoms with E-state index in [0.717, 1.165) is 19.6 Å². The topological polar surface area (TPSA) is 45.2 Å². The number of nitrogens with zero attached hydrogens (tertiary/aromatic N) is 2. The van der Waals surface area contributed by atoms with Gasteiger partial charge in [0.2, 0.25) is 0 Å². The molecule has 0 saturated carbocycles. The Balaban J connectivity index is 1.39. The molecule has 0 bridgehead atoms. The average molecular weight is 369 g/mol. The van der Waals surface area contributed by atoms with Crippen LogP contribution in [0.1, 0.15) is 39.0 Å². The number of nitrogens with one attached hydrogen (secondary N) is 1. The summed E-state index contributed by atoms with van der Waals surface area (Å²) in [5.74, 6) is 0.860. The third-order valence-corrected chi connectivity index (χ3v) is 6.08. The fraction of sp³-hybridized carbons (Fsp3) is 0.250. The monoisotopic (exact) mass is 369 g/mol. The van der Waals surface area contributed by atoms with E-state index in [1.54, 1.807) is 24.5 Å². The zero-order chi connectivity index (χ0) is 18.9. The summed E-state index contributed by atoms with van der Waals surface area (Å²) in [5.41, 5.74) is 4.67. The van der Waals surface area contributed by atoms with Crippen molar-refractivity contribution in [3.8, 4) is 0 Å². The summed E-state index contributed by atoms with van der Waals surface area (Å²) in [6.07, 6.45) is 3.33. The molecule has 1 aliphatic heterocycles. The van der Waals surface area contributed by atoms with Gasteiger partial charge in [-0.15, -0.1) is 0 Å². The van der Waals surface area contributed by atoms with Gasteiger partial charge in [-0.25, -0.2) is 0 Å². The van der Waals surface area contributed by atoms with E-state index in [4.69, 9.17) is 0 Å². The van der Waals surface area contributed by atoms with Crippen LogP contribution >= 0.6 is 0 Å². The van der Waals surface area contributed by atoms with Crippen LogP contribution in [0.25, 0.3) is 0 Å². The molecule has 0 unspecified atom stereocenters. The van der Waals surface area contributed by atoms with Crippen molar-refractivity contribution in [3.05, 3.63) is 101 Å². The highest BCUT2D eigenvalue weighted by atomic mass is 16.1. The first-order valence-electron chi connectivity index (χ1n) is 9.85. The van der Waals surface area contributed by atoms with E-state index >= 15 is 0 Å². The number of hydrogen-bond acceptors (Lipinski definition) is 3. The molecule has 0 spiro atoms. The Hall–Kier alpha value is -2.98. The summed E-state index contributed by atoms with van der Waals surface area (Å²) < 4.78 is 0. The minimum atomic E-state index is -0.0237. The van der Waals surface area contributed by atoms with Crippen molar-refractivity contribution >= 4 is 5.91 Å². The molecule has 1 aromatic heterocycles. The number of carbonyl (C=O) groups excluding carboxylic acids is 1. The summed E-state index contributed by atoms with van der Waals surface area (Å²) in [6.45, 7) is 2.99. The molecule has 4 nitrogen and oxygen atoms in total. The van der Waals surface area contributed by atoms with Crippen molar-refractivity contribution in [2.45, 2.75) is 18.5 Å². The highest BCUT2D eigenvalue weighted by Crippen LogP contribution is 2.49. The third-order valence-electron chi connectivity index (χ3n) is 6.08. The molecule has 1 fully saturated rings. The summed E-state index contributed by atoms with van der Waals surface area (Å²) in [7, 11) is 0. The van der Waals surface area contributed by atoms with Crippen LogP contribution in [0.2, 0.25) is 0 Å². The molecule has 4 heteroatoms. The number of benzene rings is 2. The molecule has 3 aromatic rings. The lowest BCUT2D eigenvalue weighted by atomic mass is 9.94. The number of rotatable bonds is 4. The van der Waals surface area contributed by atoms with Crippen LogP contribution in [0.15, 0.2) is 79.1 Å². The second kappa shape index (κ2) is 7.21. The lowest BCUT2D eigenvalue weighted by Crippen LogP contribution is -2.33. The summed E-state index contributed by atoms with van der Waals surface area (Å²) >= 11 is 0. The Morgan fingerprint density at radius 3 is 2.43 bits per heavy atom. The molecular formula is C24H23N3O. The highest BCUT2D eigenvalue weighted by Gasteiger charge is 2.46. The number of likely N-dealkylation sites (tertiary alicyclic amines) is 1. The van der Waals surface area contributed by atoms with E-state index < -0.39 is 0 Å². The zero-order valence-electron chi connectivity index (χ0n) is 15.7. The van der Waals surface area contributed by atoms with Gasteiger partial charge in [0.05, 0.1) is 6.04 Å². The Labute approximate surface area is 165 Å². The molecule has 1 amide bonds. The molecule has 5 rings (SSSR count). The Morgan fingerprint density at radius 1 is 0.929 bits per heavy atom. The van der Waals surface area contributed by atoms with E-state index in [1.165, 1.54) is 16.7 Å². The first kappa shape index (κ1) is 17.1. The average Bonchev–Trinajstić information content (AvgIpc) is 3.27. The molecular weight excluding hydrogens is 346 g/mol. The minimum absolute atomic E-state index is 0.0237. The third kappa shape index (κ3) is 3.10. The van der Waals surface area contributed by atoms with E-state index in [0.29, 0.717) is 17.4 Å². The molecule has 3 atom stereocenters.